The molecule has 2 aromatic carbocycles. The fourth-order valence-corrected chi connectivity index (χ4v) is 4.30. The van der Waals surface area contributed by atoms with Gasteiger partial charge < -0.3 is 10.0 Å². The van der Waals surface area contributed by atoms with Crippen molar-refractivity contribution in [1.82, 2.24) is 15.1 Å². The first-order chi connectivity index (χ1) is 14.4. The van der Waals surface area contributed by atoms with Crippen LogP contribution in [0.1, 0.15) is 65.0 Å². The fraction of sp³-hybridized carbons (Fsp3) is 0.333. The van der Waals surface area contributed by atoms with Crippen molar-refractivity contribution < 1.29 is 14.3 Å². The first kappa shape index (κ1) is 20.1. The van der Waals surface area contributed by atoms with Crippen LogP contribution in [0.25, 0.3) is 11.3 Å². The van der Waals surface area contributed by atoms with Crippen LogP contribution in [0.3, 0.4) is 0 Å². The number of unbranched alkanes of at least 4 members (excludes halogenated alkanes) is 2. The predicted molar refractivity (Wildman–Crippen MR) is 114 cm³/mol. The third kappa shape index (κ3) is 3.36. The van der Waals surface area contributed by atoms with E-state index in [1.165, 1.54) is 12.1 Å². The van der Waals surface area contributed by atoms with Crippen molar-refractivity contribution >= 4 is 5.91 Å². The van der Waals surface area contributed by atoms with Gasteiger partial charge >= 0.3 is 0 Å². The average Bonchev–Trinajstić information content (AvgIpc) is 3.25. The summed E-state index contributed by atoms with van der Waals surface area (Å²) in [5.74, 6) is -0.275. The van der Waals surface area contributed by atoms with Gasteiger partial charge in [0.25, 0.3) is 5.91 Å². The highest BCUT2D eigenvalue weighted by atomic mass is 19.1. The van der Waals surface area contributed by atoms with Gasteiger partial charge in [0.1, 0.15) is 23.0 Å². The molecule has 0 fully saturated rings. The molecule has 2 N–H and O–H groups in total. The largest absolute Gasteiger partial charge is 0.507 e. The quantitative estimate of drug-likeness (QED) is 0.547. The standard InChI is InChI=1S/C24H26FN3O2/c1-4-5-6-11-28-22(16-7-9-17(25)10-8-16)19-20(26-27-21(19)24(28)30)18-13-14(2)12-15(3)23(18)29/h7-10,12-13,22,29H,4-6,11H2,1-3H3,(H,26,27). The second-order valence-electron chi connectivity index (χ2n) is 8.00. The summed E-state index contributed by atoms with van der Waals surface area (Å²) in [7, 11) is 0. The molecule has 2 heterocycles. The van der Waals surface area contributed by atoms with E-state index in [0.717, 1.165) is 41.5 Å². The molecule has 1 amide bonds. The van der Waals surface area contributed by atoms with Crippen molar-refractivity contribution in [3.8, 4) is 17.0 Å². The lowest BCUT2D eigenvalue weighted by atomic mass is 9.94. The van der Waals surface area contributed by atoms with E-state index >= 15 is 0 Å². The zero-order valence-corrected chi connectivity index (χ0v) is 17.5. The lowest BCUT2D eigenvalue weighted by Gasteiger charge is -2.26. The number of benzene rings is 2. The maximum atomic E-state index is 13.6. The van der Waals surface area contributed by atoms with Crippen LogP contribution < -0.4 is 0 Å². The van der Waals surface area contributed by atoms with Gasteiger partial charge in [-0.3, -0.25) is 9.89 Å². The molecule has 30 heavy (non-hydrogen) atoms. The Balaban J connectivity index is 1.87. The number of aryl methyl sites for hydroxylation is 2. The average molecular weight is 407 g/mol. The minimum absolute atomic E-state index is 0.113. The molecule has 156 valence electrons. The zero-order valence-electron chi connectivity index (χ0n) is 17.5. The van der Waals surface area contributed by atoms with E-state index in [4.69, 9.17) is 0 Å². The molecule has 1 unspecified atom stereocenters. The number of phenols is 1. The third-order valence-corrected chi connectivity index (χ3v) is 5.75. The van der Waals surface area contributed by atoms with Crippen LogP contribution >= 0.6 is 0 Å². The third-order valence-electron chi connectivity index (χ3n) is 5.75. The molecule has 0 saturated carbocycles. The number of phenolic OH excluding ortho intramolecular Hbond substituents is 1. The second-order valence-corrected chi connectivity index (χ2v) is 8.00. The Morgan fingerprint density at radius 3 is 2.60 bits per heavy atom. The van der Waals surface area contributed by atoms with Gasteiger partial charge in [0.2, 0.25) is 0 Å². The molecular formula is C24H26FN3O2. The summed E-state index contributed by atoms with van der Waals surface area (Å²) in [6.45, 7) is 6.53. The molecule has 6 heteroatoms. The van der Waals surface area contributed by atoms with Crippen molar-refractivity contribution in [3.05, 3.63) is 70.2 Å². The summed E-state index contributed by atoms with van der Waals surface area (Å²) in [5.41, 5.74) is 4.92. The van der Waals surface area contributed by atoms with Crippen LogP contribution in [0, 0.1) is 19.7 Å². The Hall–Kier alpha value is -3.15. The highest BCUT2D eigenvalue weighted by Gasteiger charge is 2.42. The van der Waals surface area contributed by atoms with Crippen molar-refractivity contribution in [2.24, 2.45) is 0 Å². The number of hydrogen-bond donors (Lipinski definition) is 2. The zero-order chi connectivity index (χ0) is 21.4. The summed E-state index contributed by atoms with van der Waals surface area (Å²) in [6.07, 6.45) is 2.97. The normalized spacial score (nSPS) is 15.7. The number of nitrogens with zero attached hydrogens (tertiary/aromatic N) is 2. The van der Waals surface area contributed by atoms with Crippen LogP contribution in [0.5, 0.6) is 5.75 Å². The van der Waals surface area contributed by atoms with E-state index in [-0.39, 0.29) is 23.5 Å². The van der Waals surface area contributed by atoms with Gasteiger partial charge in [-0.1, -0.05) is 38.0 Å². The van der Waals surface area contributed by atoms with Crippen molar-refractivity contribution in [2.75, 3.05) is 6.54 Å². The first-order valence-electron chi connectivity index (χ1n) is 10.4. The SMILES string of the molecule is CCCCCN1C(=O)c2[nH]nc(-c3cc(C)cc(C)c3O)c2C1c1ccc(F)cc1. The topological polar surface area (TPSA) is 69.2 Å². The number of aromatic amines is 1. The van der Waals surface area contributed by atoms with E-state index in [1.54, 1.807) is 12.1 Å². The maximum absolute atomic E-state index is 13.6. The highest BCUT2D eigenvalue weighted by molar-refractivity contribution is 6.00. The molecule has 1 aliphatic rings. The molecule has 0 bridgehead atoms. The lowest BCUT2D eigenvalue weighted by molar-refractivity contribution is 0.0740. The minimum atomic E-state index is -0.376. The number of nitrogens with one attached hydrogen (secondary N) is 1. The van der Waals surface area contributed by atoms with Crippen molar-refractivity contribution in [1.29, 1.82) is 0 Å². The first-order valence-corrected chi connectivity index (χ1v) is 10.4. The summed E-state index contributed by atoms with van der Waals surface area (Å²) in [6, 6.07) is 9.67. The summed E-state index contributed by atoms with van der Waals surface area (Å²) in [5, 5.41) is 18.0. The Bertz CT molecular complexity index is 1090. The molecular weight excluding hydrogens is 381 g/mol. The van der Waals surface area contributed by atoms with Crippen LogP contribution in [0.2, 0.25) is 0 Å². The van der Waals surface area contributed by atoms with Gasteiger partial charge in [-0.2, -0.15) is 5.10 Å². The molecule has 4 rings (SSSR count). The number of aromatic nitrogens is 2. The Morgan fingerprint density at radius 1 is 1.17 bits per heavy atom. The van der Waals surface area contributed by atoms with Gasteiger partial charge in [-0.25, -0.2) is 4.39 Å². The lowest BCUT2D eigenvalue weighted by Crippen LogP contribution is -2.30. The number of amides is 1. The van der Waals surface area contributed by atoms with Gasteiger partial charge in [0.15, 0.2) is 0 Å². The Labute approximate surface area is 175 Å². The van der Waals surface area contributed by atoms with Crippen LogP contribution in [0.15, 0.2) is 36.4 Å². The smallest absolute Gasteiger partial charge is 0.273 e. The van der Waals surface area contributed by atoms with Crippen LogP contribution in [-0.4, -0.2) is 32.7 Å². The van der Waals surface area contributed by atoms with E-state index in [1.807, 2.05) is 30.9 Å². The van der Waals surface area contributed by atoms with Crippen LogP contribution in [0.4, 0.5) is 4.39 Å². The van der Waals surface area contributed by atoms with Crippen molar-refractivity contribution in [2.45, 2.75) is 46.1 Å². The number of rotatable bonds is 6. The molecule has 5 nitrogen and oxygen atoms in total. The Kier molecular flexibility index (Phi) is 5.33. The molecule has 3 aromatic rings. The highest BCUT2D eigenvalue weighted by Crippen LogP contribution is 2.45. The molecule has 0 spiro atoms. The fourth-order valence-electron chi connectivity index (χ4n) is 4.30. The Morgan fingerprint density at radius 2 is 1.90 bits per heavy atom. The predicted octanol–water partition coefficient (Wildman–Crippen LogP) is 5.27. The number of halogens is 1. The van der Waals surface area contributed by atoms with Gasteiger partial charge in [-0.15, -0.1) is 0 Å². The summed E-state index contributed by atoms with van der Waals surface area (Å²) in [4.78, 5) is 15.1. The van der Waals surface area contributed by atoms with E-state index in [2.05, 4.69) is 17.1 Å². The number of hydrogen-bond acceptors (Lipinski definition) is 3. The molecule has 1 aromatic heterocycles. The molecule has 1 aliphatic heterocycles. The number of carbonyl (C=O) groups is 1. The van der Waals surface area contributed by atoms with E-state index < -0.39 is 0 Å². The number of fused-ring (bicyclic) bond motifs is 1. The molecule has 0 saturated heterocycles. The number of H-pyrrole nitrogens is 1. The van der Waals surface area contributed by atoms with E-state index in [9.17, 15) is 14.3 Å². The minimum Gasteiger partial charge on any atom is -0.507 e. The molecule has 0 aliphatic carbocycles. The number of carbonyl (C=O) groups excluding carboxylic acids is 1. The maximum Gasteiger partial charge on any atom is 0.273 e. The number of aromatic hydroxyl groups is 1. The summed E-state index contributed by atoms with van der Waals surface area (Å²) < 4.78 is 13.6. The molecule has 1 atom stereocenters. The monoisotopic (exact) mass is 407 g/mol. The van der Waals surface area contributed by atoms with Gasteiger partial charge in [0, 0.05) is 17.7 Å². The van der Waals surface area contributed by atoms with Crippen molar-refractivity contribution in [3.63, 3.8) is 0 Å². The molecule has 0 radical (unpaired) electrons. The van der Waals surface area contributed by atoms with E-state index in [0.29, 0.717) is 23.5 Å². The second kappa shape index (κ2) is 7.94. The summed E-state index contributed by atoms with van der Waals surface area (Å²) >= 11 is 0. The van der Waals surface area contributed by atoms with Gasteiger partial charge in [-0.05, 0) is 55.2 Å². The van der Waals surface area contributed by atoms with Gasteiger partial charge in [0.05, 0.1) is 6.04 Å². The van der Waals surface area contributed by atoms with Crippen LogP contribution in [-0.2, 0) is 0 Å².